The van der Waals surface area contributed by atoms with Crippen LogP contribution in [0.5, 0.6) is 0 Å². The molecule has 8 heteroatoms. The number of halogens is 2. The van der Waals surface area contributed by atoms with Crippen molar-refractivity contribution in [1.82, 2.24) is 5.32 Å². The van der Waals surface area contributed by atoms with Crippen molar-refractivity contribution in [3.05, 3.63) is 64.4 Å². The van der Waals surface area contributed by atoms with E-state index in [0.717, 1.165) is 17.7 Å². The Morgan fingerprint density at radius 2 is 1.81 bits per heavy atom. The van der Waals surface area contributed by atoms with Gasteiger partial charge in [-0.2, -0.15) is 0 Å². The standard InChI is InChI=1S/C19H18ClFN2O4/c1-12-2-5-14(6-3-12)23-17(24)11-27-18(25)8-9-22-19(26)15-7-4-13(21)10-16(15)20/h2-7,10H,8-9,11H2,1H3,(H,22,26)(H,23,24). The fraction of sp³-hybridized carbons (Fsp3) is 0.211. The number of nitrogens with one attached hydrogen (secondary N) is 2. The minimum atomic E-state index is -0.639. The lowest BCUT2D eigenvalue weighted by Gasteiger charge is -2.08. The molecular formula is C19H18ClFN2O4. The van der Waals surface area contributed by atoms with Crippen LogP contribution >= 0.6 is 11.6 Å². The van der Waals surface area contributed by atoms with Crippen LogP contribution in [0, 0.1) is 12.7 Å². The zero-order valence-corrected chi connectivity index (χ0v) is 15.3. The third kappa shape index (κ3) is 6.71. The molecule has 0 spiro atoms. The highest BCUT2D eigenvalue weighted by atomic mass is 35.5. The van der Waals surface area contributed by atoms with Gasteiger partial charge in [-0.15, -0.1) is 0 Å². The smallest absolute Gasteiger partial charge is 0.308 e. The van der Waals surface area contributed by atoms with E-state index >= 15 is 0 Å². The molecule has 0 fully saturated rings. The molecule has 0 unspecified atom stereocenters. The van der Waals surface area contributed by atoms with Gasteiger partial charge >= 0.3 is 5.97 Å². The van der Waals surface area contributed by atoms with Crippen molar-refractivity contribution in [3.8, 4) is 0 Å². The predicted octanol–water partition coefficient (Wildman–Crippen LogP) is 3.09. The molecule has 0 bridgehead atoms. The fourth-order valence-corrected chi connectivity index (χ4v) is 2.35. The van der Waals surface area contributed by atoms with E-state index in [1.54, 1.807) is 12.1 Å². The highest BCUT2D eigenvalue weighted by Gasteiger charge is 2.12. The van der Waals surface area contributed by atoms with Gasteiger partial charge in [0.05, 0.1) is 17.0 Å². The summed E-state index contributed by atoms with van der Waals surface area (Å²) in [6, 6.07) is 10.6. The first kappa shape index (κ1) is 20.4. The van der Waals surface area contributed by atoms with Gasteiger partial charge in [-0.05, 0) is 37.3 Å². The fourth-order valence-electron chi connectivity index (χ4n) is 2.10. The molecule has 2 amide bonds. The average molecular weight is 393 g/mol. The highest BCUT2D eigenvalue weighted by Crippen LogP contribution is 2.16. The number of carbonyl (C=O) groups is 3. The van der Waals surface area contributed by atoms with E-state index in [0.29, 0.717) is 5.69 Å². The van der Waals surface area contributed by atoms with Gasteiger partial charge in [0.25, 0.3) is 11.8 Å². The number of hydrogen-bond donors (Lipinski definition) is 2. The molecule has 2 aromatic rings. The van der Waals surface area contributed by atoms with Gasteiger partial charge in [0, 0.05) is 12.2 Å². The molecule has 0 saturated carbocycles. The van der Waals surface area contributed by atoms with E-state index < -0.39 is 30.2 Å². The first-order chi connectivity index (χ1) is 12.8. The van der Waals surface area contributed by atoms with Crippen molar-refractivity contribution >= 4 is 35.1 Å². The van der Waals surface area contributed by atoms with Crippen molar-refractivity contribution in [3.63, 3.8) is 0 Å². The van der Waals surface area contributed by atoms with Crippen molar-refractivity contribution in [1.29, 1.82) is 0 Å². The number of ether oxygens (including phenoxy) is 1. The first-order valence-corrected chi connectivity index (χ1v) is 8.48. The number of carbonyl (C=O) groups excluding carboxylic acids is 3. The Kier molecular flexibility index (Phi) is 7.31. The minimum absolute atomic E-state index is 0.00898. The van der Waals surface area contributed by atoms with E-state index in [9.17, 15) is 18.8 Å². The van der Waals surface area contributed by atoms with Crippen LogP contribution in [0.1, 0.15) is 22.3 Å². The Balaban J connectivity index is 1.69. The lowest BCUT2D eigenvalue weighted by molar-refractivity contribution is -0.147. The van der Waals surface area contributed by atoms with Gasteiger partial charge in [-0.25, -0.2) is 4.39 Å². The summed E-state index contributed by atoms with van der Waals surface area (Å²) in [6.45, 7) is 1.49. The molecule has 2 N–H and O–H groups in total. The Hall–Kier alpha value is -2.93. The molecule has 142 valence electrons. The van der Waals surface area contributed by atoms with Gasteiger partial charge in [0.1, 0.15) is 5.82 Å². The Bertz CT molecular complexity index is 840. The molecule has 0 radical (unpaired) electrons. The van der Waals surface area contributed by atoms with Crippen LogP contribution in [0.4, 0.5) is 10.1 Å². The summed E-state index contributed by atoms with van der Waals surface area (Å²) < 4.78 is 17.8. The normalized spacial score (nSPS) is 10.2. The molecule has 0 aliphatic heterocycles. The van der Waals surface area contributed by atoms with Crippen molar-refractivity contribution < 1.29 is 23.5 Å². The van der Waals surface area contributed by atoms with Crippen LogP contribution in [-0.4, -0.2) is 30.9 Å². The van der Waals surface area contributed by atoms with Crippen molar-refractivity contribution in [2.45, 2.75) is 13.3 Å². The van der Waals surface area contributed by atoms with E-state index in [-0.39, 0.29) is 23.6 Å². The second kappa shape index (κ2) is 9.68. The van der Waals surface area contributed by atoms with E-state index in [1.807, 2.05) is 19.1 Å². The average Bonchev–Trinajstić information content (AvgIpc) is 2.62. The predicted molar refractivity (Wildman–Crippen MR) is 99.1 cm³/mol. The zero-order valence-electron chi connectivity index (χ0n) is 14.6. The molecule has 27 heavy (non-hydrogen) atoms. The van der Waals surface area contributed by atoms with Gasteiger partial charge in [0.2, 0.25) is 0 Å². The van der Waals surface area contributed by atoms with E-state index in [2.05, 4.69) is 10.6 Å². The van der Waals surface area contributed by atoms with Crippen LogP contribution in [0.3, 0.4) is 0 Å². The molecule has 0 aromatic heterocycles. The maximum atomic E-state index is 13.0. The molecule has 0 atom stereocenters. The van der Waals surface area contributed by atoms with Crippen LogP contribution < -0.4 is 10.6 Å². The molecule has 2 aromatic carbocycles. The van der Waals surface area contributed by atoms with Crippen LogP contribution in [0.2, 0.25) is 5.02 Å². The number of rotatable bonds is 7. The molecule has 0 heterocycles. The van der Waals surface area contributed by atoms with Gasteiger partial charge in [-0.3, -0.25) is 14.4 Å². The lowest BCUT2D eigenvalue weighted by atomic mass is 10.2. The monoisotopic (exact) mass is 392 g/mol. The summed E-state index contributed by atoms with van der Waals surface area (Å²) in [4.78, 5) is 35.3. The molecule has 0 aliphatic rings. The van der Waals surface area contributed by atoms with Crippen LogP contribution in [-0.2, 0) is 14.3 Å². The van der Waals surface area contributed by atoms with E-state index in [4.69, 9.17) is 16.3 Å². The Morgan fingerprint density at radius 3 is 2.48 bits per heavy atom. The summed E-state index contributed by atoms with van der Waals surface area (Å²) in [6.07, 6.45) is -0.123. The summed E-state index contributed by atoms with van der Waals surface area (Å²) in [5, 5.41) is 5.05. The number of hydrogen-bond acceptors (Lipinski definition) is 4. The third-order valence-electron chi connectivity index (χ3n) is 3.49. The zero-order chi connectivity index (χ0) is 19.8. The third-order valence-corrected chi connectivity index (χ3v) is 3.80. The van der Waals surface area contributed by atoms with Crippen LogP contribution in [0.15, 0.2) is 42.5 Å². The summed E-state index contributed by atoms with van der Waals surface area (Å²) >= 11 is 5.79. The van der Waals surface area contributed by atoms with E-state index in [1.165, 1.54) is 6.07 Å². The molecule has 0 aliphatic carbocycles. The molecular weight excluding hydrogens is 375 g/mol. The largest absolute Gasteiger partial charge is 0.456 e. The summed E-state index contributed by atoms with van der Waals surface area (Å²) in [7, 11) is 0. The quantitative estimate of drug-likeness (QED) is 0.709. The number of anilines is 1. The SMILES string of the molecule is Cc1ccc(NC(=O)COC(=O)CCNC(=O)c2ccc(F)cc2Cl)cc1. The maximum Gasteiger partial charge on any atom is 0.308 e. The number of amides is 2. The highest BCUT2D eigenvalue weighted by molar-refractivity contribution is 6.33. The van der Waals surface area contributed by atoms with Crippen molar-refractivity contribution in [2.75, 3.05) is 18.5 Å². The molecule has 0 saturated heterocycles. The lowest BCUT2D eigenvalue weighted by Crippen LogP contribution is -2.28. The number of benzene rings is 2. The summed E-state index contributed by atoms with van der Waals surface area (Å²) in [5.41, 5.74) is 1.76. The van der Waals surface area contributed by atoms with Crippen LogP contribution in [0.25, 0.3) is 0 Å². The summed E-state index contributed by atoms with van der Waals surface area (Å²) in [5.74, 6) is -2.19. The number of aryl methyl sites for hydroxylation is 1. The molecule has 2 rings (SSSR count). The minimum Gasteiger partial charge on any atom is -0.456 e. The first-order valence-electron chi connectivity index (χ1n) is 8.10. The maximum absolute atomic E-state index is 13.0. The second-order valence-corrected chi connectivity index (χ2v) is 6.11. The van der Waals surface area contributed by atoms with Crippen molar-refractivity contribution in [2.24, 2.45) is 0 Å². The Labute approximate surface area is 160 Å². The van der Waals surface area contributed by atoms with Gasteiger partial charge < -0.3 is 15.4 Å². The van der Waals surface area contributed by atoms with Gasteiger partial charge in [-0.1, -0.05) is 29.3 Å². The Morgan fingerprint density at radius 1 is 1.11 bits per heavy atom. The second-order valence-electron chi connectivity index (χ2n) is 5.70. The van der Waals surface area contributed by atoms with Gasteiger partial charge in [0.15, 0.2) is 6.61 Å². The molecule has 6 nitrogen and oxygen atoms in total. The number of esters is 1. The topological polar surface area (TPSA) is 84.5 Å².